The monoisotopic (exact) mass is 397 g/mol. The van der Waals surface area contributed by atoms with E-state index in [1.165, 1.54) is 10.5 Å². The number of hydrogen-bond acceptors (Lipinski definition) is 6. The number of carbonyl (C=O) groups is 1. The molecule has 0 aromatic carbocycles. The molecule has 3 aromatic heterocycles. The van der Waals surface area contributed by atoms with Crippen LogP contribution in [0.5, 0.6) is 0 Å². The first kappa shape index (κ1) is 19.3. The lowest BCUT2D eigenvalue weighted by Crippen LogP contribution is -2.38. The van der Waals surface area contributed by atoms with Crippen molar-refractivity contribution in [1.29, 1.82) is 5.41 Å². The van der Waals surface area contributed by atoms with Crippen molar-refractivity contribution in [2.24, 2.45) is 0 Å². The van der Waals surface area contributed by atoms with Gasteiger partial charge in [0, 0.05) is 33.0 Å². The third-order valence-corrected chi connectivity index (χ3v) is 5.10. The summed E-state index contributed by atoms with van der Waals surface area (Å²) in [6.07, 6.45) is 3.50. The predicted molar refractivity (Wildman–Crippen MR) is 106 cm³/mol. The quantitative estimate of drug-likeness (QED) is 0.595. The predicted octanol–water partition coefficient (Wildman–Crippen LogP) is 0.684. The maximum atomic E-state index is 13.0. The average molecular weight is 397 g/mol. The van der Waals surface area contributed by atoms with Crippen molar-refractivity contribution in [2.75, 3.05) is 26.9 Å². The highest BCUT2D eigenvalue weighted by Gasteiger charge is 2.20. The van der Waals surface area contributed by atoms with Crippen LogP contribution < -0.4 is 16.4 Å². The Balaban J connectivity index is 1.83. The van der Waals surface area contributed by atoms with Crippen LogP contribution in [0.25, 0.3) is 16.7 Å². The number of fused-ring (bicyclic) bond motifs is 2. The minimum absolute atomic E-state index is 0.00780. The molecule has 0 unspecified atom stereocenters. The van der Waals surface area contributed by atoms with E-state index in [9.17, 15) is 9.59 Å². The SMILES string of the molecule is COCCn1c(=N)c(C(=O)NC[C@H]2CCCO2)cc2c(=O)n3ccccc3nc21. The van der Waals surface area contributed by atoms with Crippen LogP contribution in [-0.2, 0) is 16.0 Å². The number of rotatable bonds is 6. The molecule has 1 aliphatic heterocycles. The molecule has 152 valence electrons. The maximum absolute atomic E-state index is 13.0. The molecule has 4 rings (SSSR count). The Kier molecular flexibility index (Phi) is 5.41. The van der Waals surface area contributed by atoms with E-state index in [2.05, 4.69) is 10.3 Å². The van der Waals surface area contributed by atoms with Gasteiger partial charge in [-0.2, -0.15) is 0 Å². The van der Waals surface area contributed by atoms with Gasteiger partial charge in [0.25, 0.3) is 11.5 Å². The molecular weight excluding hydrogens is 374 g/mol. The fourth-order valence-electron chi connectivity index (χ4n) is 3.57. The second-order valence-electron chi connectivity index (χ2n) is 6.98. The molecule has 4 heterocycles. The largest absolute Gasteiger partial charge is 0.383 e. The van der Waals surface area contributed by atoms with Gasteiger partial charge in [0.15, 0.2) is 0 Å². The number of carbonyl (C=O) groups excluding carboxylic acids is 1. The van der Waals surface area contributed by atoms with Crippen molar-refractivity contribution in [3.8, 4) is 0 Å². The van der Waals surface area contributed by atoms with Gasteiger partial charge in [0.05, 0.1) is 23.7 Å². The molecule has 9 nitrogen and oxygen atoms in total. The molecule has 1 saturated heterocycles. The lowest BCUT2D eigenvalue weighted by molar-refractivity contribution is 0.0855. The summed E-state index contributed by atoms with van der Waals surface area (Å²) in [6.45, 7) is 1.70. The fourth-order valence-corrected chi connectivity index (χ4v) is 3.57. The molecule has 0 saturated carbocycles. The molecule has 0 bridgehead atoms. The van der Waals surface area contributed by atoms with E-state index in [0.717, 1.165) is 12.8 Å². The average Bonchev–Trinajstić information content (AvgIpc) is 3.25. The Morgan fingerprint density at radius 1 is 1.45 bits per heavy atom. The van der Waals surface area contributed by atoms with Crippen molar-refractivity contribution in [2.45, 2.75) is 25.5 Å². The van der Waals surface area contributed by atoms with Crippen LogP contribution in [0, 0.1) is 5.41 Å². The van der Waals surface area contributed by atoms with Gasteiger partial charge in [-0.25, -0.2) is 4.98 Å². The molecule has 3 aromatic rings. The Labute approximate surface area is 166 Å². The van der Waals surface area contributed by atoms with E-state index in [4.69, 9.17) is 14.9 Å². The molecular formula is C20H23N5O4. The number of pyridine rings is 2. The first-order valence-electron chi connectivity index (χ1n) is 9.58. The number of hydrogen-bond donors (Lipinski definition) is 2. The minimum Gasteiger partial charge on any atom is -0.383 e. The number of nitrogens with one attached hydrogen (secondary N) is 2. The molecule has 0 radical (unpaired) electrons. The van der Waals surface area contributed by atoms with Crippen LogP contribution in [0.4, 0.5) is 0 Å². The molecule has 9 heteroatoms. The summed E-state index contributed by atoms with van der Waals surface area (Å²) in [6, 6.07) is 6.73. The lowest BCUT2D eigenvalue weighted by Gasteiger charge is -2.15. The summed E-state index contributed by atoms with van der Waals surface area (Å²) in [5.74, 6) is -0.406. The van der Waals surface area contributed by atoms with Crippen molar-refractivity contribution in [3.63, 3.8) is 0 Å². The van der Waals surface area contributed by atoms with Gasteiger partial charge < -0.3 is 19.4 Å². The van der Waals surface area contributed by atoms with E-state index < -0.39 is 5.91 Å². The number of aromatic nitrogens is 3. The van der Waals surface area contributed by atoms with E-state index >= 15 is 0 Å². The molecule has 1 atom stereocenters. The van der Waals surface area contributed by atoms with E-state index in [1.54, 1.807) is 36.1 Å². The minimum atomic E-state index is -0.406. The number of ether oxygens (including phenoxy) is 2. The second-order valence-corrected chi connectivity index (χ2v) is 6.98. The topological polar surface area (TPSA) is 111 Å². The van der Waals surface area contributed by atoms with Gasteiger partial charge in [-0.05, 0) is 31.0 Å². The van der Waals surface area contributed by atoms with Crippen LogP contribution in [0.2, 0.25) is 0 Å². The van der Waals surface area contributed by atoms with Gasteiger partial charge in [0.2, 0.25) is 0 Å². The standard InChI is InChI=1S/C20H23N5O4/c1-28-10-8-25-17(21)14(19(26)22-12-13-5-4-9-29-13)11-15-18(25)23-16-6-2-3-7-24(16)20(15)27/h2-3,6-7,11,13,21H,4-5,8-10,12H2,1H3,(H,22,26)/t13-/m1/s1. The zero-order chi connectivity index (χ0) is 20.4. The summed E-state index contributed by atoms with van der Waals surface area (Å²) in [5, 5.41) is 11.7. The Bertz CT molecular complexity index is 1180. The van der Waals surface area contributed by atoms with Crippen LogP contribution in [0.3, 0.4) is 0 Å². The van der Waals surface area contributed by atoms with Crippen molar-refractivity contribution >= 4 is 22.6 Å². The normalized spacial score (nSPS) is 16.5. The molecule has 1 aliphatic rings. The third kappa shape index (κ3) is 3.66. The number of nitrogens with zero attached hydrogens (tertiary/aromatic N) is 3. The fraction of sp³-hybridized carbons (Fsp3) is 0.400. The van der Waals surface area contributed by atoms with E-state index in [-0.39, 0.29) is 28.1 Å². The summed E-state index contributed by atoms with van der Waals surface area (Å²) in [7, 11) is 1.56. The highest BCUT2D eigenvalue weighted by Crippen LogP contribution is 2.12. The van der Waals surface area contributed by atoms with Crippen molar-refractivity contribution in [1.82, 2.24) is 19.3 Å². The van der Waals surface area contributed by atoms with Gasteiger partial charge in [-0.15, -0.1) is 0 Å². The summed E-state index contributed by atoms with van der Waals surface area (Å²) in [4.78, 5) is 30.4. The van der Waals surface area contributed by atoms with Crippen LogP contribution >= 0.6 is 0 Å². The third-order valence-electron chi connectivity index (χ3n) is 5.10. The van der Waals surface area contributed by atoms with Gasteiger partial charge in [0.1, 0.15) is 16.8 Å². The highest BCUT2D eigenvalue weighted by molar-refractivity contribution is 5.96. The smallest absolute Gasteiger partial charge is 0.267 e. The van der Waals surface area contributed by atoms with Crippen LogP contribution in [0.15, 0.2) is 35.3 Å². The summed E-state index contributed by atoms with van der Waals surface area (Å²) < 4.78 is 13.7. The molecule has 29 heavy (non-hydrogen) atoms. The zero-order valence-electron chi connectivity index (χ0n) is 16.2. The first-order chi connectivity index (χ1) is 14.1. The van der Waals surface area contributed by atoms with Crippen LogP contribution in [-0.4, -0.2) is 52.8 Å². The van der Waals surface area contributed by atoms with Gasteiger partial charge in [-0.3, -0.25) is 19.4 Å². The Morgan fingerprint density at radius 2 is 2.31 bits per heavy atom. The molecule has 1 amide bonds. The highest BCUT2D eigenvalue weighted by atomic mass is 16.5. The van der Waals surface area contributed by atoms with Gasteiger partial charge in [-0.1, -0.05) is 6.07 Å². The zero-order valence-corrected chi connectivity index (χ0v) is 16.2. The molecule has 2 N–H and O–H groups in total. The molecule has 0 aliphatic carbocycles. The number of methoxy groups -OCH3 is 1. The molecule has 1 fully saturated rings. The summed E-state index contributed by atoms with van der Waals surface area (Å²) >= 11 is 0. The van der Waals surface area contributed by atoms with E-state index in [0.29, 0.717) is 37.6 Å². The van der Waals surface area contributed by atoms with Crippen molar-refractivity contribution in [3.05, 3.63) is 51.9 Å². The number of amides is 1. The first-order valence-corrected chi connectivity index (χ1v) is 9.58. The van der Waals surface area contributed by atoms with Crippen molar-refractivity contribution < 1.29 is 14.3 Å². The second kappa shape index (κ2) is 8.14. The van der Waals surface area contributed by atoms with E-state index in [1.807, 2.05) is 0 Å². The van der Waals surface area contributed by atoms with Gasteiger partial charge >= 0.3 is 0 Å². The Hall–Kier alpha value is -3.04. The molecule has 0 spiro atoms. The Morgan fingerprint density at radius 3 is 3.07 bits per heavy atom. The lowest BCUT2D eigenvalue weighted by atomic mass is 10.2. The maximum Gasteiger partial charge on any atom is 0.267 e. The van der Waals surface area contributed by atoms with Crippen LogP contribution in [0.1, 0.15) is 23.2 Å². The summed E-state index contributed by atoms with van der Waals surface area (Å²) in [5.41, 5.74) is 0.669.